The molecule has 2 N–H and O–H groups in total. The van der Waals surface area contributed by atoms with E-state index in [1.54, 1.807) is 0 Å². The van der Waals surface area contributed by atoms with Crippen LogP contribution < -0.4 is 5.73 Å². The van der Waals surface area contributed by atoms with Crippen molar-refractivity contribution in [3.05, 3.63) is 29.8 Å². The maximum atomic E-state index is 12.5. The Morgan fingerprint density at radius 1 is 1.29 bits per heavy atom. The van der Waals surface area contributed by atoms with E-state index in [1.165, 1.54) is 6.42 Å². The predicted molar refractivity (Wildman–Crippen MR) is 87.9 cm³/mol. The van der Waals surface area contributed by atoms with Gasteiger partial charge in [-0.15, -0.1) is 0 Å². The number of nitrogens with zero attached hydrogens (tertiary/aromatic N) is 1. The number of rotatable bonds is 2. The average molecular weight is 288 g/mol. The van der Waals surface area contributed by atoms with Crippen LogP contribution in [0.3, 0.4) is 0 Å². The first-order chi connectivity index (χ1) is 9.86. The van der Waals surface area contributed by atoms with Crippen LogP contribution in [0.4, 0.5) is 5.69 Å². The summed E-state index contributed by atoms with van der Waals surface area (Å²) in [5.41, 5.74) is 7.86. The molecule has 0 spiro atoms. The Morgan fingerprint density at radius 3 is 2.71 bits per heavy atom. The minimum atomic E-state index is 0.232. The minimum Gasteiger partial charge on any atom is -0.399 e. The molecule has 2 rings (SSSR count). The third-order valence-electron chi connectivity index (χ3n) is 4.61. The van der Waals surface area contributed by atoms with E-state index in [0.29, 0.717) is 17.8 Å². The van der Waals surface area contributed by atoms with Crippen molar-refractivity contribution in [3.63, 3.8) is 0 Å². The van der Waals surface area contributed by atoms with Gasteiger partial charge in [0.25, 0.3) is 0 Å². The molecule has 1 aliphatic heterocycles. The summed E-state index contributed by atoms with van der Waals surface area (Å²) in [4.78, 5) is 14.5. The number of likely N-dealkylation sites (tertiary alicyclic amines) is 1. The molecule has 1 unspecified atom stereocenters. The molecular formula is C18H28N2O. The molecule has 3 nitrogen and oxygen atoms in total. The van der Waals surface area contributed by atoms with Crippen molar-refractivity contribution in [3.8, 4) is 0 Å². The van der Waals surface area contributed by atoms with E-state index in [2.05, 4.69) is 20.8 Å². The highest BCUT2D eigenvalue weighted by Gasteiger charge is 2.28. The molecule has 0 saturated carbocycles. The van der Waals surface area contributed by atoms with E-state index in [9.17, 15) is 4.79 Å². The summed E-state index contributed by atoms with van der Waals surface area (Å²) in [6, 6.07) is 7.64. The minimum absolute atomic E-state index is 0.232. The number of benzene rings is 1. The fourth-order valence-electron chi connectivity index (χ4n) is 3.20. The lowest BCUT2D eigenvalue weighted by atomic mass is 9.77. The van der Waals surface area contributed by atoms with Gasteiger partial charge in [-0.2, -0.15) is 0 Å². The Morgan fingerprint density at radius 2 is 2.05 bits per heavy atom. The van der Waals surface area contributed by atoms with Crippen LogP contribution >= 0.6 is 0 Å². The third-order valence-corrected chi connectivity index (χ3v) is 4.61. The van der Waals surface area contributed by atoms with Crippen LogP contribution in [0.15, 0.2) is 24.3 Å². The van der Waals surface area contributed by atoms with Gasteiger partial charge in [0, 0.05) is 18.8 Å². The molecule has 3 heteroatoms. The Balaban J connectivity index is 1.94. The van der Waals surface area contributed by atoms with Crippen molar-refractivity contribution in [2.75, 3.05) is 18.8 Å². The van der Waals surface area contributed by atoms with E-state index in [1.807, 2.05) is 29.2 Å². The first-order valence-electron chi connectivity index (χ1n) is 7.98. The SMILES string of the molecule is CC(C)(C)C1CCCN(C(=O)Cc2cccc(N)c2)CC1. The molecule has 116 valence electrons. The second kappa shape index (κ2) is 6.50. The van der Waals surface area contributed by atoms with Gasteiger partial charge >= 0.3 is 0 Å². The topological polar surface area (TPSA) is 46.3 Å². The molecule has 0 aliphatic carbocycles. The van der Waals surface area contributed by atoms with Crippen LogP contribution in [0.25, 0.3) is 0 Å². The standard InChI is InChI=1S/C18H28N2O/c1-18(2,3)15-7-5-10-20(11-9-15)17(21)13-14-6-4-8-16(19)12-14/h4,6,8,12,15H,5,7,9-11,13,19H2,1-3H3. The molecule has 1 saturated heterocycles. The van der Waals surface area contributed by atoms with E-state index in [0.717, 1.165) is 37.2 Å². The smallest absolute Gasteiger partial charge is 0.226 e. The lowest BCUT2D eigenvalue weighted by Crippen LogP contribution is -2.33. The lowest BCUT2D eigenvalue weighted by Gasteiger charge is -2.29. The molecule has 1 amide bonds. The fourth-order valence-corrected chi connectivity index (χ4v) is 3.20. The second-order valence-electron chi connectivity index (χ2n) is 7.30. The molecule has 1 aromatic carbocycles. The van der Waals surface area contributed by atoms with Crippen molar-refractivity contribution in [1.29, 1.82) is 0 Å². The van der Waals surface area contributed by atoms with Crippen LogP contribution in [-0.4, -0.2) is 23.9 Å². The molecule has 1 fully saturated rings. The van der Waals surface area contributed by atoms with Gasteiger partial charge in [-0.25, -0.2) is 0 Å². The Kier molecular flexibility index (Phi) is 4.92. The molecule has 1 aromatic rings. The van der Waals surface area contributed by atoms with E-state index < -0.39 is 0 Å². The van der Waals surface area contributed by atoms with Gasteiger partial charge in [-0.3, -0.25) is 4.79 Å². The number of hydrogen-bond acceptors (Lipinski definition) is 2. The number of carbonyl (C=O) groups is 1. The summed E-state index contributed by atoms with van der Waals surface area (Å²) < 4.78 is 0. The number of carbonyl (C=O) groups excluding carboxylic acids is 1. The maximum Gasteiger partial charge on any atom is 0.226 e. The number of amides is 1. The van der Waals surface area contributed by atoms with Gasteiger partial charge in [-0.1, -0.05) is 32.9 Å². The van der Waals surface area contributed by atoms with Crippen LogP contribution in [0.1, 0.15) is 45.6 Å². The zero-order valence-electron chi connectivity index (χ0n) is 13.6. The monoisotopic (exact) mass is 288 g/mol. The molecule has 0 aromatic heterocycles. The summed E-state index contributed by atoms with van der Waals surface area (Å²) in [7, 11) is 0. The number of nitrogens with two attached hydrogens (primary N) is 1. The summed E-state index contributed by atoms with van der Waals surface area (Å²) in [6.07, 6.45) is 3.92. The van der Waals surface area contributed by atoms with Crippen LogP contribution in [0.2, 0.25) is 0 Å². The molecule has 0 bridgehead atoms. The van der Waals surface area contributed by atoms with Crippen molar-refractivity contribution < 1.29 is 4.79 Å². The highest BCUT2D eigenvalue weighted by atomic mass is 16.2. The molecule has 0 radical (unpaired) electrons. The summed E-state index contributed by atoms with van der Waals surface area (Å²) in [5.74, 6) is 0.942. The Labute approximate surface area is 128 Å². The molecule has 21 heavy (non-hydrogen) atoms. The molecule has 1 heterocycles. The van der Waals surface area contributed by atoms with Crippen molar-refractivity contribution >= 4 is 11.6 Å². The lowest BCUT2D eigenvalue weighted by molar-refractivity contribution is -0.130. The van der Waals surface area contributed by atoms with Crippen molar-refractivity contribution in [2.45, 2.75) is 46.5 Å². The van der Waals surface area contributed by atoms with E-state index in [-0.39, 0.29) is 5.91 Å². The third kappa shape index (κ3) is 4.48. The highest BCUT2D eigenvalue weighted by Crippen LogP contribution is 2.34. The van der Waals surface area contributed by atoms with Gasteiger partial charge < -0.3 is 10.6 Å². The maximum absolute atomic E-state index is 12.5. The summed E-state index contributed by atoms with van der Waals surface area (Å²) >= 11 is 0. The molecule has 1 aliphatic rings. The first-order valence-corrected chi connectivity index (χ1v) is 7.98. The van der Waals surface area contributed by atoms with Crippen molar-refractivity contribution in [2.24, 2.45) is 11.3 Å². The van der Waals surface area contributed by atoms with E-state index >= 15 is 0 Å². The van der Waals surface area contributed by atoms with Crippen molar-refractivity contribution in [1.82, 2.24) is 4.90 Å². The average Bonchev–Trinajstić information content (AvgIpc) is 2.63. The van der Waals surface area contributed by atoms with Gasteiger partial charge in [0.2, 0.25) is 5.91 Å². The number of hydrogen-bond donors (Lipinski definition) is 1. The summed E-state index contributed by atoms with van der Waals surface area (Å²) in [6.45, 7) is 8.71. The molecule has 1 atom stereocenters. The largest absolute Gasteiger partial charge is 0.399 e. The number of nitrogen functional groups attached to an aromatic ring is 1. The molecular weight excluding hydrogens is 260 g/mol. The van der Waals surface area contributed by atoms with Crippen LogP contribution in [-0.2, 0) is 11.2 Å². The zero-order valence-corrected chi connectivity index (χ0v) is 13.6. The Bertz CT molecular complexity index is 490. The second-order valence-corrected chi connectivity index (χ2v) is 7.30. The first kappa shape index (κ1) is 15.9. The van der Waals surface area contributed by atoms with Crippen LogP contribution in [0.5, 0.6) is 0 Å². The van der Waals surface area contributed by atoms with Crippen LogP contribution in [0, 0.1) is 11.3 Å². The number of anilines is 1. The van der Waals surface area contributed by atoms with Gasteiger partial charge in [0.15, 0.2) is 0 Å². The highest BCUT2D eigenvalue weighted by molar-refractivity contribution is 5.79. The quantitative estimate of drug-likeness (QED) is 0.847. The Hall–Kier alpha value is -1.51. The van der Waals surface area contributed by atoms with Gasteiger partial charge in [-0.05, 0) is 48.3 Å². The summed E-state index contributed by atoms with van der Waals surface area (Å²) in [5, 5.41) is 0. The van der Waals surface area contributed by atoms with Gasteiger partial charge in [0.05, 0.1) is 6.42 Å². The fraction of sp³-hybridized carbons (Fsp3) is 0.611. The normalized spacial score (nSPS) is 20.1. The predicted octanol–water partition coefficient (Wildman–Crippen LogP) is 3.49. The zero-order chi connectivity index (χ0) is 15.5. The van der Waals surface area contributed by atoms with Gasteiger partial charge in [0.1, 0.15) is 0 Å². The van der Waals surface area contributed by atoms with E-state index in [4.69, 9.17) is 5.73 Å².